The molecule has 4 nitrogen and oxygen atoms in total. The normalized spacial score (nSPS) is 11.0. The van der Waals surface area contributed by atoms with Crippen LogP contribution in [0.1, 0.15) is 11.1 Å². The molecule has 3 aromatic carbocycles. The predicted molar refractivity (Wildman–Crippen MR) is 119 cm³/mol. The lowest BCUT2D eigenvalue weighted by molar-refractivity contribution is 1.04. The summed E-state index contributed by atoms with van der Waals surface area (Å²) in [5.74, 6) is 0. The van der Waals surface area contributed by atoms with Crippen molar-refractivity contribution in [2.24, 2.45) is 5.10 Å². The van der Waals surface area contributed by atoms with E-state index in [1.807, 2.05) is 85.9 Å². The predicted octanol–water partition coefficient (Wildman–Crippen LogP) is 5.12. The SMILES string of the molecule is CNc1ccc(Cl)cc1C(=NNC(=S)Nc1ccccc1)c1ccccc1. The van der Waals surface area contributed by atoms with Gasteiger partial charge in [0.1, 0.15) is 0 Å². The molecule has 0 spiro atoms. The van der Waals surface area contributed by atoms with Gasteiger partial charge in [0.25, 0.3) is 0 Å². The molecular weight excluding hydrogens is 376 g/mol. The molecule has 0 aliphatic rings. The van der Waals surface area contributed by atoms with Crippen LogP contribution >= 0.6 is 23.8 Å². The first-order chi connectivity index (χ1) is 13.2. The van der Waals surface area contributed by atoms with Crippen molar-refractivity contribution in [3.05, 3.63) is 95.0 Å². The first-order valence-electron chi connectivity index (χ1n) is 8.40. The largest absolute Gasteiger partial charge is 0.388 e. The maximum absolute atomic E-state index is 6.23. The molecule has 3 aromatic rings. The highest BCUT2D eigenvalue weighted by Gasteiger charge is 2.13. The van der Waals surface area contributed by atoms with E-state index in [1.165, 1.54) is 0 Å². The lowest BCUT2D eigenvalue weighted by atomic mass is 10.0. The summed E-state index contributed by atoms with van der Waals surface area (Å²) in [5, 5.41) is 11.9. The van der Waals surface area contributed by atoms with E-state index in [-0.39, 0.29) is 0 Å². The Kier molecular flexibility index (Phi) is 6.41. The zero-order valence-corrected chi connectivity index (χ0v) is 16.3. The van der Waals surface area contributed by atoms with Gasteiger partial charge in [0.15, 0.2) is 5.11 Å². The second-order valence-corrected chi connectivity index (χ2v) is 6.54. The third kappa shape index (κ3) is 5.06. The Morgan fingerprint density at radius 1 is 0.926 bits per heavy atom. The molecule has 0 atom stereocenters. The summed E-state index contributed by atoms with van der Waals surface area (Å²) in [6.07, 6.45) is 0. The molecule has 0 amide bonds. The molecule has 0 unspecified atom stereocenters. The minimum Gasteiger partial charge on any atom is -0.388 e. The van der Waals surface area contributed by atoms with Gasteiger partial charge in [-0.1, -0.05) is 60.1 Å². The molecule has 3 rings (SSSR count). The molecule has 0 aliphatic heterocycles. The van der Waals surface area contributed by atoms with Crippen LogP contribution in [0, 0.1) is 0 Å². The van der Waals surface area contributed by atoms with Crippen molar-refractivity contribution in [2.75, 3.05) is 17.7 Å². The Bertz CT molecular complexity index is 943. The fraction of sp³-hybridized carbons (Fsp3) is 0.0476. The van der Waals surface area contributed by atoms with Gasteiger partial charge in [0.05, 0.1) is 5.71 Å². The number of hydrazone groups is 1. The minimum absolute atomic E-state index is 0.405. The molecule has 0 saturated heterocycles. The van der Waals surface area contributed by atoms with Crippen molar-refractivity contribution < 1.29 is 0 Å². The number of nitrogens with zero attached hydrogens (tertiary/aromatic N) is 1. The summed E-state index contributed by atoms with van der Waals surface area (Å²) in [7, 11) is 1.87. The van der Waals surface area contributed by atoms with E-state index in [4.69, 9.17) is 23.8 Å². The Morgan fingerprint density at radius 2 is 1.59 bits per heavy atom. The topological polar surface area (TPSA) is 48.5 Å². The van der Waals surface area contributed by atoms with Gasteiger partial charge in [-0.3, -0.25) is 5.43 Å². The van der Waals surface area contributed by atoms with Gasteiger partial charge in [0.2, 0.25) is 0 Å². The zero-order chi connectivity index (χ0) is 19.1. The first kappa shape index (κ1) is 18.9. The van der Waals surface area contributed by atoms with Crippen LogP contribution in [0.2, 0.25) is 5.02 Å². The number of benzene rings is 3. The Balaban J connectivity index is 1.92. The summed E-state index contributed by atoms with van der Waals surface area (Å²) in [6, 6.07) is 25.2. The van der Waals surface area contributed by atoms with E-state index in [0.717, 1.165) is 28.2 Å². The Hall–Kier alpha value is -2.89. The minimum atomic E-state index is 0.405. The Labute approximate surface area is 169 Å². The van der Waals surface area contributed by atoms with Crippen LogP contribution < -0.4 is 16.1 Å². The standard InChI is InChI=1S/C21H19ClN4S/c1-23-19-13-12-16(22)14-18(19)20(15-8-4-2-5-9-15)25-26-21(27)24-17-10-6-3-7-11-17/h2-14,23H,1H3,(H2,24,26,27). The number of anilines is 2. The molecule has 0 saturated carbocycles. The van der Waals surface area contributed by atoms with E-state index in [1.54, 1.807) is 0 Å². The summed E-state index contributed by atoms with van der Waals surface area (Å²) in [5.41, 5.74) is 7.32. The molecule has 0 aromatic heterocycles. The summed E-state index contributed by atoms with van der Waals surface area (Å²) in [6.45, 7) is 0. The third-order valence-electron chi connectivity index (χ3n) is 3.85. The van der Waals surface area contributed by atoms with Gasteiger partial charge in [0, 0.05) is 34.6 Å². The molecule has 0 bridgehead atoms. The van der Waals surface area contributed by atoms with Gasteiger partial charge in [-0.15, -0.1) is 0 Å². The quantitative estimate of drug-likeness (QED) is 0.319. The van der Waals surface area contributed by atoms with Crippen LogP contribution in [0.3, 0.4) is 0 Å². The van der Waals surface area contributed by atoms with Gasteiger partial charge in [-0.25, -0.2) is 0 Å². The van der Waals surface area contributed by atoms with Crippen LogP contribution in [0.4, 0.5) is 11.4 Å². The molecule has 0 heterocycles. The maximum Gasteiger partial charge on any atom is 0.191 e. The van der Waals surface area contributed by atoms with Crippen molar-refractivity contribution in [3.8, 4) is 0 Å². The van der Waals surface area contributed by atoms with Gasteiger partial charge < -0.3 is 10.6 Å². The third-order valence-corrected chi connectivity index (χ3v) is 4.28. The van der Waals surface area contributed by atoms with E-state index in [9.17, 15) is 0 Å². The molecule has 27 heavy (non-hydrogen) atoms. The maximum atomic E-state index is 6.23. The monoisotopic (exact) mass is 394 g/mol. The number of thiocarbonyl (C=S) groups is 1. The number of hydrogen-bond acceptors (Lipinski definition) is 3. The second-order valence-electron chi connectivity index (χ2n) is 5.70. The number of para-hydroxylation sites is 1. The number of halogens is 1. The lowest BCUT2D eigenvalue weighted by Gasteiger charge is -2.14. The second kappa shape index (κ2) is 9.16. The molecule has 136 valence electrons. The van der Waals surface area contributed by atoms with Gasteiger partial charge >= 0.3 is 0 Å². The summed E-state index contributed by atoms with van der Waals surface area (Å²) < 4.78 is 0. The van der Waals surface area contributed by atoms with E-state index in [0.29, 0.717) is 10.1 Å². The smallest absolute Gasteiger partial charge is 0.191 e. The molecule has 0 fully saturated rings. The van der Waals surface area contributed by atoms with Crippen LogP contribution in [0.15, 0.2) is 84.0 Å². The molecule has 3 N–H and O–H groups in total. The zero-order valence-electron chi connectivity index (χ0n) is 14.7. The van der Waals surface area contributed by atoms with Gasteiger partial charge in [-0.05, 0) is 42.5 Å². The molecule has 0 aliphatic carbocycles. The molecule has 0 radical (unpaired) electrons. The fourth-order valence-corrected chi connectivity index (χ4v) is 2.93. The average Bonchev–Trinajstić information content (AvgIpc) is 2.70. The highest BCUT2D eigenvalue weighted by atomic mass is 35.5. The first-order valence-corrected chi connectivity index (χ1v) is 9.19. The van der Waals surface area contributed by atoms with Crippen molar-refractivity contribution in [1.29, 1.82) is 0 Å². The van der Waals surface area contributed by atoms with Crippen LogP contribution in [0.5, 0.6) is 0 Å². The lowest BCUT2D eigenvalue weighted by Crippen LogP contribution is -2.25. The molecular formula is C21H19ClN4S. The van der Waals surface area contributed by atoms with Crippen molar-refractivity contribution in [1.82, 2.24) is 5.43 Å². The van der Waals surface area contributed by atoms with Crippen LogP contribution in [0.25, 0.3) is 0 Å². The van der Waals surface area contributed by atoms with E-state index in [2.05, 4.69) is 21.2 Å². The van der Waals surface area contributed by atoms with Crippen molar-refractivity contribution in [2.45, 2.75) is 0 Å². The van der Waals surface area contributed by atoms with Crippen LogP contribution in [-0.4, -0.2) is 17.9 Å². The highest BCUT2D eigenvalue weighted by molar-refractivity contribution is 7.80. The van der Waals surface area contributed by atoms with E-state index < -0.39 is 0 Å². The van der Waals surface area contributed by atoms with Crippen molar-refractivity contribution >= 4 is 46.0 Å². The highest BCUT2D eigenvalue weighted by Crippen LogP contribution is 2.24. The van der Waals surface area contributed by atoms with Crippen molar-refractivity contribution in [3.63, 3.8) is 0 Å². The number of rotatable bonds is 5. The number of hydrogen-bond donors (Lipinski definition) is 3. The summed E-state index contributed by atoms with van der Waals surface area (Å²) >= 11 is 11.6. The Morgan fingerprint density at radius 3 is 2.26 bits per heavy atom. The van der Waals surface area contributed by atoms with Gasteiger partial charge in [-0.2, -0.15) is 5.10 Å². The average molecular weight is 395 g/mol. The van der Waals surface area contributed by atoms with Crippen LogP contribution in [-0.2, 0) is 0 Å². The molecule has 6 heteroatoms. The summed E-state index contributed by atoms with van der Waals surface area (Å²) in [4.78, 5) is 0. The fourth-order valence-electron chi connectivity index (χ4n) is 2.59. The number of nitrogens with one attached hydrogen (secondary N) is 3. The van der Waals surface area contributed by atoms with E-state index >= 15 is 0 Å².